The first kappa shape index (κ1) is 17.6. The molecule has 1 atom stereocenters. The van der Waals surface area contributed by atoms with Gasteiger partial charge >= 0.3 is 0 Å². The molecule has 1 fully saturated rings. The first-order chi connectivity index (χ1) is 12.4. The van der Waals surface area contributed by atoms with Crippen LogP contribution in [0.1, 0.15) is 42.3 Å². The lowest BCUT2D eigenvalue weighted by molar-refractivity contribution is 0.148. The van der Waals surface area contributed by atoms with Crippen LogP contribution in [0, 0.1) is 11.7 Å². The second-order valence-corrected chi connectivity index (χ2v) is 9.10. The molecule has 8 heteroatoms. The third kappa shape index (κ3) is 3.67. The molecule has 1 aromatic heterocycles. The van der Waals surface area contributed by atoms with Crippen molar-refractivity contribution in [3.63, 3.8) is 0 Å². The standard InChI is InChI=1S/C18H22FN3O3S/c19-15-6-2-13(3-7-15)12-26(24,25)21-8-1-9-22-16(11-21)10-17(20-22)18(23)14-4-5-14/h2-3,6-7,10,14,18,23H,1,4-5,8-9,11-12H2/t18-/m1/s1. The minimum atomic E-state index is -3.52. The first-order valence-electron chi connectivity index (χ1n) is 8.89. The number of aliphatic hydroxyl groups excluding tert-OH is 1. The zero-order valence-electron chi connectivity index (χ0n) is 14.4. The Balaban J connectivity index is 1.53. The van der Waals surface area contributed by atoms with Gasteiger partial charge in [-0.1, -0.05) is 12.1 Å². The number of fused-ring (bicyclic) bond motifs is 1. The van der Waals surface area contributed by atoms with Gasteiger partial charge in [-0.25, -0.2) is 12.8 Å². The molecule has 6 nitrogen and oxygen atoms in total. The lowest BCUT2D eigenvalue weighted by Gasteiger charge is -2.19. The predicted molar refractivity (Wildman–Crippen MR) is 94.0 cm³/mol. The number of rotatable bonds is 5. The summed E-state index contributed by atoms with van der Waals surface area (Å²) in [5.74, 6) is -0.252. The first-order valence-corrected chi connectivity index (χ1v) is 10.5. The second kappa shape index (κ2) is 6.75. The highest BCUT2D eigenvalue weighted by molar-refractivity contribution is 7.88. The quantitative estimate of drug-likeness (QED) is 0.864. The van der Waals surface area contributed by atoms with Crippen LogP contribution in [0.15, 0.2) is 30.3 Å². The number of hydrogen-bond acceptors (Lipinski definition) is 4. The van der Waals surface area contributed by atoms with Crippen LogP contribution in [-0.2, 0) is 28.9 Å². The molecule has 0 spiro atoms. The second-order valence-electron chi connectivity index (χ2n) is 7.14. The number of hydrogen-bond donors (Lipinski definition) is 1. The van der Waals surface area contributed by atoms with Gasteiger partial charge in [-0.3, -0.25) is 4.68 Å². The molecular formula is C18H22FN3O3S. The van der Waals surface area contributed by atoms with Crippen molar-refractivity contribution in [2.24, 2.45) is 5.92 Å². The van der Waals surface area contributed by atoms with Crippen LogP contribution in [-0.4, -0.2) is 34.2 Å². The number of benzene rings is 1. The predicted octanol–water partition coefficient (Wildman–Crippen LogP) is 2.20. The molecule has 2 heterocycles. The smallest absolute Gasteiger partial charge is 0.218 e. The van der Waals surface area contributed by atoms with Crippen LogP contribution >= 0.6 is 0 Å². The summed E-state index contributed by atoms with van der Waals surface area (Å²) in [6, 6.07) is 7.37. The fraction of sp³-hybridized carbons (Fsp3) is 0.500. The third-order valence-electron chi connectivity index (χ3n) is 5.03. The molecule has 0 bridgehead atoms. The molecule has 0 unspecified atom stereocenters. The molecule has 1 N–H and O–H groups in total. The zero-order chi connectivity index (χ0) is 18.3. The van der Waals surface area contributed by atoms with Crippen LogP contribution in [0.3, 0.4) is 0 Å². The molecule has 1 aromatic carbocycles. The largest absolute Gasteiger partial charge is 0.386 e. The number of aliphatic hydroxyl groups is 1. The summed E-state index contributed by atoms with van der Waals surface area (Å²) in [5, 5.41) is 14.8. The van der Waals surface area contributed by atoms with E-state index < -0.39 is 16.1 Å². The van der Waals surface area contributed by atoms with Gasteiger partial charge < -0.3 is 5.11 Å². The van der Waals surface area contributed by atoms with Crippen molar-refractivity contribution in [2.75, 3.05) is 6.54 Å². The van der Waals surface area contributed by atoms with E-state index in [4.69, 9.17) is 0 Å². The zero-order valence-corrected chi connectivity index (χ0v) is 15.2. The summed E-state index contributed by atoms with van der Waals surface area (Å²) in [5.41, 5.74) is 2.01. The van der Waals surface area contributed by atoms with Gasteiger partial charge in [0.25, 0.3) is 0 Å². The molecule has 26 heavy (non-hydrogen) atoms. The highest BCUT2D eigenvalue weighted by atomic mass is 32.2. The average molecular weight is 379 g/mol. The van der Waals surface area contributed by atoms with E-state index in [0.29, 0.717) is 30.8 Å². The number of halogens is 1. The maximum Gasteiger partial charge on any atom is 0.218 e. The third-order valence-corrected chi connectivity index (χ3v) is 6.82. The van der Waals surface area contributed by atoms with E-state index in [-0.39, 0.29) is 24.0 Å². The van der Waals surface area contributed by atoms with Crippen LogP contribution in [0.4, 0.5) is 4.39 Å². The van der Waals surface area contributed by atoms with E-state index in [0.717, 1.165) is 18.5 Å². The molecule has 0 radical (unpaired) electrons. The molecule has 140 valence electrons. The Kier molecular flexibility index (Phi) is 4.58. The number of nitrogens with zero attached hydrogens (tertiary/aromatic N) is 3. The van der Waals surface area contributed by atoms with Gasteiger partial charge in [0.05, 0.1) is 23.7 Å². The van der Waals surface area contributed by atoms with Crippen molar-refractivity contribution in [2.45, 2.75) is 44.2 Å². The summed E-state index contributed by atoms with van der Waals surface area (Å²) in [7, 11) is -3.52. The van der Waals surface area contributed by atoms with Crippen molar-refractivity contribution in [3.8, 4) is 0 Å². The summed E-state index contributed by atoms with van der Waals surface area (Å²) in [6.07, 6.45) is 2.14. The van der Waals surface area contributed by atoms with Gasteiger partial charge in [-0.05, 0) is 48.9 Å². The van der Waals surface area contributed by atoms with Gasteiger partial charge in [0.2, 0.25) is 10.0 Å². The highest BCUT2D eigenvalue weighted by Crippen LogP contribution is 2.40. The minimum absolute atomic E-state index is 0.154. The van der Waals surface area contributed by atoms with Gasteiger partial charge in [0, 0.05) is 13.1 Å². The summed E-state index contributed by atoms with van der Waals surface area (Å²) >= 11 is 0. The van der Waals surface area contributed by atoms with E-state index in [1.54, 1.807) is 0 Å². The summed E-state index contributed by atoms with van der Waals surface area (Å²) in [6.45, 7) is 1.30. The van der Waals surface area contributed by atoms with Crippen molar-refractivity contribution >= 4 is 10.0 Å². The summed E-state index contributed by atoms with van der Waals surface area (Å²) in [4.78, 5) is 0. The maximum absolute atomic E-state index is 13.0. The molecule has 1 aliphatic heterocycles. The monoisotopic (exact) mass is 379 g/mol. The summed E-state index contributed by atoms with van der Waals surface area (Å²) < 4.78 is 41.9. The van der Waals surface area contributed by atoms with Crippen LogP contribution in [0.2, 0.25) is 0 Å². The number of aromatic nitrogens is 2. The lowest BCUT2D eigenvalue weighted by Crippen LogP contribution is -2.31. The van der Waals surface area contributed by atoms with Crippen LogP contribution < -0.4 is 0 Å². The Morgan fingerprint density at radius 2 is 1.96 bits per heavy atom. The fourth-order valence-corrected chi connectivity index (χ4v) is 4.91. The van der Waals surface area contributed by atoms with Crippen molar-refractivity contribution in [3.05, 3.63) is 53.1 Å². The Hall–Kier alpha value is -1.77. The minimum Gasteiger partial charge on any atom is -0.386 e. The van der Waals surface area contributed by atoms with E-state index in [1.165, 1.54) is 28.6 Å². The molecule has 0 amide bonds. The Bertz CT molecular complexity index is 891. The van der Waals surface area contributed by atoms with Gasteiger partial charge in [0.1, 0.15) is 11.9 Å². The average Bonchev–Trinajstić information content (AvgIpc) is 3.40. The molecule has 1 aliphatic carbocycles. The highest BCUT2D eigenvalue weighted by Gasteiger charge is 2.34. The number of aryl methyl sites for hydroxylation is 1. The fourth-order valence-electron chi connectivity index (χ4n) is 3.37. The molecule has 2 aromatic rings. The molecule has 0 saturated heterocycles. The van der Waals surface area contributed by atoms with E-state index in [9.17, 15) is 17.9 Å². The van der Waals surface area contributed by atoms with Crippen LogP contribution in [0.5, 0.6) is 0 Å². The van der Waals surface area contributed by atoms with Crippen molar-refractivity contribution in [1.82, 2.24) is 14.1 Å². The Morgan fingerprint density at radius 1 is 1.23 bits per heavy atom. The van der Waals surface area contributed by atoms with Gasteiger partial charge in [-0.15, -0.1) is 0 Å². The molecule has 4 rings (SSSR count). The SMILES string of the molecule is O=S(=O)(Cc1ccc(F)cc1)N1CCCn2nc([C@H](O)C3CC3)cc2C1. The Morgan fingerprint density at radius 3 is 2.65 bits per heavy atom. The van der Waals surface area contributed by atoms with E-state index in [2.05, 4.69) is 5.10 Å². The van der Waals surface area contributed by atoms with Gasteiger partial charge in [0.15, 0.2) is 0 Å². The number of sulfonamides is 1. The molecular weight excluding hydrogens is 357 g/mol. The van der Waals surface area contributed by atoms with E-state index in [1.807, 2.05) is 10.7 Å². The topological polar surface area (TPSA) is 75.4 Å². The van der Waals surface area contributed by atoms with Gasteiger partial charge in [-0.2, -0.15) is 9.40 Å². The normalized spacial score (nSPS) is 19.8. The Labute approximate surface area is 152 Å². The van der Waals surface area contributed by atoms with Crippen LogP contribution in [0.25, 0.3) is 0 Å². The van der Waals surface area contributed by atoms with Crippen molar-refractivity contribution in [1.29, 1.82) is 0 Å². The van der Waals surface area contributed by atoms with Crippen molar-refractivity contribution < 1.29 is 17.9 Å². The van der Waals surface area contributed by atoms with E-state index >= 15 is 0 Å². The maximum atomic E-state index is 13.0. The molecule has 1 saturated carbocycles. The lowest BCUT2D eigenvalue weighted by atomic mass is 10.1. The molecule has 2 aliphatic rings.